The molecule has 0 aromatic carbocycles. The van der Waals surface area contributed by atoms with Gasteiger partial charge in [0.1, 0.15) is 5.78 Å². The first-order valence-corrected chi connectivity index (χ1v) is 10.0. The highest BCUT2D eigenvalue weighted by Gasteiger charge is 2.60. The van der Waals surface area contributed by atoms with Gasteiger partial charge in [0.2, 0.25) is 0 Å². The molecule has 4 rings (SSSR count). The van der Waals surface area contributed by atoms with Crippen molar-refractivity contribution < 1.29 is 9.90 Å². The van der Waals surface area contributed by atoms with Crippen LogP contribution in [0.1, 0.15) is 78.6 Å². The van der Waals surface area contributed by atoms with Gasteiger partial charge in [0, 0.05) is 5.92 Å². The highest BCUT2D eigenvalue weighted by atomic mass is 16.3. The Kier molecular flexibility index (Phi) is 3.72. The summed E-state index contributed by atoms with van der Waals surface area (Å²) in [5.74, 6) is 3.97. The normalized spacial score (nSPS) is 55.7. The average Bonchev–Trinajstić information content (AvgIpc) is 2.85. The van der Waals surface area contributed by atoms with Crippen LogP contribution in [0.25, 0.3) is 0 Å². The molecule has 0 amide bonds. The fourth-order valence-electron chi connectivity index (χ4n) is 7.90. The number of fused-ring (bicyclic) bond motifs is 5. The molecular weight excluding hydrogens is 284 g/mol. The number of Topliss-reactive ketones (excluding diaryl/α,β-unsaturated/α-hetero) is 1. The van der Waals surface area contributed by atoms with Crippen LogP contribution in [0.15, 0.2) is 0 Å². The molecule has 8 atom stereocenters. The number of aliphatic hydroxyl groups excluding tert-OH is 1. The second-order valence-electron chi connectivity index (χ2n) is 9.87. The van der Waals surface area contributed by atoms with Gasteiger partial charge >= 0.3 is 0 Å². The van der Waals surface area contributed by atoms with Gasteiger partial charge in [-0.25, -0.2) is 0 Å². The van der Waals surface area contributed by atoms with Gasteiger partial charge in [0.15, 0.2) is 0 Å². The molecule has 2 nitrogen and oxygen atoms in total. The first-order valence-electron chi connectivity index (χ1n) is 10.0. The molecule has 4 fully saturated rings. The zero-order valence-electron chi connectivity index (χ0n) is 15.2. The van der Waals surface area contributed by atoms with Gasteiger partial charge in [0.25, 0.3) is 0 Å². The molecule has 0 heterocycles. The highest BCUT2D eigenvalue weighted by molar-refractivity contribution is 5.79. The number of carbonyl (C=O) groups is 1. The van der Waals surface area contributed by atoms with E-state index in [0.717, 1.165) is 42.9 Å². The minimum absolute atomic E-state index is 0.0490. The molecule has 4 aliphatic carbocycles. The second-order valence-corrected chi connectivity index (χ2v) is 9.87. The van der Waals surface area contributed by atoms with Crippen LogP contribution in [-0.2, 0) is 4.79 Å². The van der Waals surface area contributed by atoms with Gasteiger partial charge in [-0.05, 0) is 99.2 Å². The van der Waals surface area contributed by atoms with E-state index in [1.165, 1.54) is 38.5 Å². The quantitative estimate of drug-likeness (QED) is 0.767. The van der Waals surface area contributed by atoms with Crippen molar-refractivity contribution in [3.8, 4) is 0 Å². The molecule has 2 heteroatoms. The molecule has 3 unspecified atom stereocenters. The van der Waals surface area contributed by atoms with Crippen molar-refractivity contribution in [1.29, 1.82) is 0 Å². The summed E-state index contributed by atoms with van der Waals surface area (Å²) in [7, 11) is 0. The minimum Gasteiger partial charge on any atom is -0.393 e. The lowest BCUT2D eigenvalue weighted by Gasteiger charge is -2.60. The van der Waals surface area contributed by atoms with Gasteiger partial charge in [-0.2, -0.15) is 0 Å². The first-order chi connectivity index (χ1) is 10.9. The van der Waals surface area contributed by atoms with E-state index >= 15 is 0 Å². The van der Waals surface area contributed by atoms with Crippen LogP contribution in [-0.4, -0.2) is 17.0 Å². The molecule has 0 aliphatic heterocycles. The van der Waals surface area contributed by atoms with E-state index in [1.54, 1.807) is 0 Å². The lowest BCUT2D eigenvalue weighted by molar-refractivity contribution is -0.138. The Hall–Kier alpha value is -0.370. The third-order valence-electron chi connectivity index (χ3n) is 9.13. The molecule has 0 bridgehead atoms. The zero-order chi connectivity index (χ0) is 16.4. The van der Waals surface area contributed by atoms with Crippen molar-refractivity contribution in [3.05, 3.63) is 0 Å². The fourth-order valence-corrected chi connectivity index (χ4v) is 7.90. The summed E-state index contributed by atoms with van der Waals surface area (Å²) >= 11 is 0. The number of carbonyl (C=O) groups excluding carboxylic acids is 1. The first kappa shape index (κ1) is 16.1. The van der Waals surface area contributed by atoms with Crippen molar-refractivity contribution in [2.24, 2.45) is 40.4 Å². The van der Waals surface area contributed by atoms with E-state index < -0.39 is 0 Å². The number of hydrogen-bond donors (Lipinski definition) is 1. The maximum atomic E-state index is 12.2. The molecule has 0 saturated heterocycles. The van der Waals surface area contributed by atoms with Crippen molar-refractivity contribution in [2.75, 3.05) is 0 Å². The monoisotopic (exact) mass is 318 g/mol. The molecule has 4 aliphatic rings. The number of hydrogen-bond acceptors (Lipinski definition) is 2. The standard InChI is InChI=1S/C21H34O2/c1-13(22)17-6-7-18-16-5-4-14-12-15(23)8-10-20(14,2)19(16)9-11-21(17,18)3/h14-19,23H,4-12H2,1-3H3/t14-,15+,16-,17?,18-,19-,20?,21?/m0/s1. The predicted octanol–water partition coefficient (Wildman–Crippen LogP) is 4.60. The second kappa shape index (κ2) is 5.31. The number of ketones is 1. The lowest BCUT2D eigenvalue weighted by atomic mass is 9.44. The van der Waals surface area contributed by atoms with E-state index in [-0.39, 0.29) is 11.5 Å². The van der Waals surface area contributed by atoms with Crippen molar-refractivity contribution in [3.63, 3.8) is 0 Å². The molecule has 0 aromatic heterocycles. The van der Waals surface area contributed by atoms with Crippen LogP contribution in [0.4, 0.5) is 0 Å². The molecule has 130 valence electrons. The van der Waals surface area contributed by atoms with Crippen molar-refractivity contribution >= 4 is 5.78 Å². The van der Waals surface area contributed by atoms with Crippen molar-refractivity contribution in [2.45, 2.75) is 84.7 Å². The molecule has 23 heavy (non-hydrogen) atoms. The highest BCUT2D eigenvalue weighted by Crippen LogP contribution is 2.67. The van der Waals surface area contributed by atoms with E-state index in [2.05, 4.69) is 13.8 Å². The fraction of sp³-hybridized carbons (Fsp3) is 0.952. The SMILES string of the molecule is CC(=O)C1CC[C@H]2[C@@H]3CC[C@H]4C[C@H](O)CCC4(C)[C@H]3CCC12C. The Morgan fingerprint density at radius 2 is 1.61 bits per heavy atom. The largest absolute Gasteiger partial charge is 0.393 e. The Morgan fingerprint density at radius 3 is 2.35 bits per heavy atom. The molecule has 0 aromatic rings. The summed E-state index contributed by atoms with van der Waals surface area (Å²) in [6.07, 6.45) is 10.9. The van der Waals surface area contributed by atoms with Crippen LogP contribution in [0.2, 0.25) is 0 Å². The summed E-state index contributed by atoms with van der Waals surface area (Å²) in [5.41, 5.74) is 0.738. The summed E-state index contributed by atoms with van der Waals surface area (Å²) in [6.45, 7) is 6.80. The third kappa shape index (κ3) is 2.19. The third-order valence-corrected chi connectivity index (χ3v) is 9.13. The average molecular weight is 319 g/mol. The molecule has 1 N–H and O–H groups in total. The van der Waals surface area contributed by atoms with Gasteiger partial charge in [-0.3, -0.25) is 4.79 Å². The van der Waals surface area contributed by atoms with Crippen LogP contribution in [0.5, 0.6) is 0 Å². The summed E-state index contributed by atoms with van der Waals surface area (Å²) in [6, 6.07) is 0. The molecule has 0 radical (unpaired) electrons. The Balaban J connectivity index is 1.61. The van der Waals surface area contributed by atoms with E-state index in [0.29, 0.717) is 17.1 Å². The van der Waals surface area contributed by atoms with E-state index in [4.69, 9.17) is 0 Å². The maximum Gasteiger partial charge on any atom is 0.133 e. The van der Waals surface area contributed by atoms with Crippen LogP contribution in [0.3, 0.4) is 0 Å². The van der Waals surface area contributed by atoms with E-state index in [9.17, 15) is 9.90 Å². The van der Waals surface area contributed by atoms with Gasteiger partial charge in [-0.1, -0.05) is 13.8 Å². The Labute approximate surface area is 141 Å². The maximum absolute atomic E-state index is 12.2. The van der Waals surface area contributed by atoms with Crippen molar-refractivity contribution in [1.82, 2.24) is 0 Å². The van der Waals surface area contributed by atoms with Crippen LogP contribution < -0.4 is 0 Å². The Morgan fingerprint density at radius 1 is 0.913 bits per heavy atom. The van der Waals surface area contributed by atoms with Gasteiger partial charge < -0.3 is 5.11 Å². The topological polar surface area (TPSA) is 37.3 Å². The number of aliphatic hydroxyl groups is 1. The van der Waals surface area contributed by atoms with Crippen LogP contribution in [0, 0.1) is 40.4 Å². The molecule has 0 spiro atoms. The minimum atomic E-state index is -0.0490. The summed E-state index contributed by atoms with van der Waals surface area (Å²) in [5, 5.41) is 10.1. The van der Waals surface area contributed by atoms with Gasteiger partial charge in [0.05, 0.1) is 6.10 Å². The summed E-state index contributed by atoms with van der Waals surface area (Å²) < 4.78 is 0. The Bertz CT molecular complexity index is 500. The molecular formula is C21H34O2. The predicted molar refractivity (Wildman–Crippen MR) is 91.9 cm³/mol. The number of rotatable bonds is 1. The molecule has 4 saturated carbocycles. The lowest BCUT2D eigenvalue weighted by Crippen LogP contribution is -2.54. The van der Waals surface area contributed by atoms with E-state index in [1.807, 2.05) is 6.92 Å². The van der Waals surface area contributed by atoms with Gasteiger partial charge in [-0.15, -0.1) is 0 Å². The van der Waals surface area contributed by atoms with Crippen LogP contribution >= 0.6 is 0 Å². The summed E-state index contributed by atoms with van der Waals surface area (Å²) in [4.78, 5) is 12.2. The zero-order valence-corrected chi connectivity index (χ0v) is 15.2. The smallest absolute Gasteiger partial charge is 0.133 e.